The maximum absolute atomic E-state index is 12.9. The first-order valence-corrected chi connectivity index (χ1v) is 11.3. The molecule has 0 bridgehead atoms. The van der Waals surface area contributed by atoms with Gasteiger partial charge in [-0.25, -0.2) is 15.0 Å². The molecule has 1 N–H and O–H groups in total. The second-order valence-corrected chi connectivity index (χ2v) is 8.90. The Hall–Kier alpha value is -2.80. The van der Waals surface area contributed by atoms with Crippen LogP contribution in [-0.4, -0.2) is 33.9 Å². The number of anilines is 2. The van der Waals surface area contributed by atoms with E-state index in [-0.39, 0.29) is 11.8 Å². The molecule has 3 heterocycles. The maximum Gasteiger partial charge on any atom is 0.231 e. The number of piperidine rings is 1. The second-order valence-electron chi connectivity index (χ2n) is 7.69. The minimum atomic E-state index is -0.0939. The first kappa shape index (κ1) is 20.5. The van der Waals surface area contributed by atoms with E-state index < -0.39 is 0 Å². The van der Waals surface area contributed by atoms with Crippen LogP contribution in [0.4, 0.5) is 11.1 Å². The van der Waals surface area contributed by atoms with E-state index in [1.807, 2.05) is 0 Å². The first-order chi connectivity index (χ1) is 14.6. The summed E-state index contributed by atoms with van der Waals surface area (Å²) >= 11 is 1.53. The predicted octanol–water partition coefficient (Wildman–Crippen LogP) is 4.72. The Kier molecular flexibility index (Phi) is 6.38. The number of thiazole rings is 1. The van der Waals surface area contributed by atoms with E-state index in [0.29, 0.717) is 17.6 Å². The highest BCUT2D eigenvalue weighted by molar-refractivity contribution is 7.16. The number of rotatable bonds is 6. The van der Waals surface area contributed by atoms with Crippen molar-refractivity contribution in [2.24, 2.45) is 5.92 Å². The van der Waals surface area contributed by atoms with E-state index in [1.165, 1.54) is 16.9 Å². The topological polar surface area (TPSA) is 71.0 Å². The number of aromatic nitrogens is 3. The van der Waals surface area contributed by atoms with Gasteiger partial charge in [0.05, 0.1) is 11.6 Å². The summed E-state index contributed by atoms with van der Waals surface area (Å²) in [6.45, 7) is 5.75. The van der Waals surface area contributed by atoms with Gasteiger partial charge in [0.25, 0.3) is 0 Å². The highest BCUT2D eigenvalue weighted by Crippen LogP contribution is 2.31. The molecular formula is C23H27N5OS. The Balaban J connectivity index is 1.43. The monoisotopic (exact) mass is 421 g/mol. The average molecular weight is 422 g/mol. The summed E-state index contributed by atoms with van der Waals surface area (Å²) in [7, 11) is 0. The molecule has 1 fully saturated rings. The van der Waals surface area contributed by atoms with Crippen molar-refractivity contribution in [2.75, 3.05) is 23.3 Å². The minimum Gasteiger partial charge on any atom is -0.340 e. The van der Waals surface area contributed by atoms with Gasteiger partial charge in [0.2, 0.25) is 11.9 Å². The lowest BCUT2D eigenvalue weighted by molar-refractivity contribution is -0.120. The molecule has 6 nitrogen and oxygen atoms in total. The standard InChI is InChI=1S/C23H27N5OS/c1-3-6-17-8-10-18(11-9-17)20-16(2)30-23(26-20)27-21(29)19-7-4-14-28(15-19)22-24-12-5-13-25-22/h5,8-13,19H,3-4,6-7,14-15H2,1-2H3,(H,26,27,29)/t19-/m1/s1. The Morgan fingerprint density at radius 1 is 1.23 bits per heavy atom. The average Bonchev–Trinajstić information content (AvgIpc) is 3.15. The fraction of sp³-hybridized carbons (Fsp3) is 0.391. The van der Waals surface area contributed by atoms with E-state index in [0.717, 1.165) is 48.4 Å². The molecule has 1 amide bonds. The van der Waals surface area contributed by atoms with Gasteiger partial charge in [-0.05, 0) is 37.8 Å². The van der Waals surface area contributed by atoms with Crippen molar-refractivity contribution >= 4 is 28.3 Å². The molecule has 1 aromatic carbocycles. The highest BCUT2D eigenvalue weighted by atomic mass is 32.1. The largest absolute Gasteiger partial charge is 0.340 e. The van der Waals surface area contributed by atoms with Crippen molar-refractivity contribution in [1.82, 2.24) is 15.0 Å². The number of nitrogens with zero attached hydrogens (tertiary/aromatic N) is 4. The molecule has 3 aromatic rings. The van der Waals surface area contributed by atoms with Crippen LogP contribution in [0.25, 0.3) is 11.3 Å². The summed E-state index contributed by atoms with van der Waals surface area (Å²) in [5.41, 5.74) is 3.38. The van der Waals surface area contributed by atoms with Crippen LogP contribution in [0.3, 0.4) is 0 Å². The number of benzene rings is 1. The molecule has 2 aromatic heterocycles. The van der Waals surface area contributed by atoms with E-state index >= 15 is 0 Å². The van der Waals surface area contributed by atoms with Gasteiger partial charge in [0.1, 0.15) is 0 Å². The third-order valence-corrected chi connectivity index (χ3v) is 6.31. The van der Waals surface area contributed by atoms with Gasteiger partial charge in [0.15, 0.2) is 5.13 Å². The van der Waals surface area contributed by atoms with Crippen molar-refractivity contribution in [3.05, 3.63) is 53.2 Å². The lowest BCUT2D eigenvalue weighted by Crippen LogP contribution is -2.41. The summed E-state index contributed by atoms with van der Waals surface area (Å²) in [4.78, 5) is 29.5. The van der Waals surface area contributed by atoms with Gasteiger partial charge in [-0.3, -0.25) is 4.79 Å². The highest BCUT2D eigenvalue weighted by Gasteiger charge is 2.27. The zero-order valence-electron chi connectivity index (χ0n) is 17.5. The fourth-order valence-corrected chi connectivity index (χ4v) is 4.71. The molecule has 0 saturated carbocycles. The molecule has 1 atom stereocenters. The van der Waals surface area contributed by atoms with Gasteiger partial charge in [-0.2, -0.15) is 0 Å². The third-order valence-electron chi connectivity index (χ3n) is 5.42. The third kappa shape index (κ3) is 4.67. The number of carbonyl (C=O) groups is 1. The van der Waals surface area contributed by atoms with E-state index in [9.17, 15) is 4.79 Å². The molecule has 0 unspecified atom stereocenters. The van der Waals surface area contributed by atoms with Crippen LogP contribution >= 0.6 is 11.3 Å². The van der Waals surface area contributed by atoms with Gasteiger partial charge in [-0.15, -0.1) is 11.3 Å². The molecule has 156 valence electrons. The zero-order chi connectivity index (χ0) is 20.9. The lowest BCUT2D eigenvalue weighted by atomic mass is 9.97. The second kappa shape index (κ2) is 9.34. The van der Waals surface area contributed by atoms with Crippen molar-refractivity contribution in [3.63, 3.8) is 0 Å². The molecule has 1 aliphatic rings. The van der Waals surface area contributed by atoms with Crippen molar-refractivity contribution in [3.8, 4) is 11.3 Å². The minimum absolute atomic E-state index is 0.0224. The van der Waals surface area contributed by atoms with Crippen molar-refractivity contribution < 1.29 is 4.79 Å². The van der Waals surface area contributed by atoms with Crippen LogP contribution in [0, 0.1) is 12.8 Å². The Labute approximate surface area is 181 Å². The van der Waals surface area contributed by atoms with Crippen LogP contribution in [0.15, 0.2) is 42.7 Å². The van der Waals surface area contributed by atoms with Crippen LogP contribution in [0.1, 0.15) is 36.6 Å². The molecule has 0 radical (unpaired) electrons. The van der Waals surface area contributed by atoms with Crippen molar-refractivity contribution in [2.45, 2.75) is 39.5 Å². The van der Waals surface area contributed by atoms with E-state index in [2.05, 4.69) is 58.3 Å². The summed E-state index contributed by atoms with van der Waals surface area (Å²) in [6, 6.07) is 10.4. The van der Waals surface area contributed by atoms with Crippen LogP contribution < -0.4 is 10.2 Å². The number of carbonyl (C=O) groups excluding carboxylic acids is 1. The fourth-order valence-electron chi connectivity index (χ4n) is 3.87. The van der Waals surface area contributed by atoms with Crippen LogP contribution in [0.2, 0.25) is 0 Å². The predicted molar refractivity (Wildman–Crippen MR) is 122 cm³/mol. The van der Waals surface area contributed by atoms with Crippen LogP contribution in [-0.2, 0) is 11.2 Å². The molecule has 1 aliphatic heterocycles. The molecule has 1 saturated heterocycles. The van der Waals surface area contributed by atoms with Gasteiger partial charge >= 0.3 is 0 Å². The quantitative estimate of drug-likeness (QED) is 0.624. The molecule has 7 heteroatoms. The number of nitrogens with one attached hydrogen (secondary N) is 1. The molecule has 0 aliphatic carbocycles. The molecular weight excluding hydrogens is 394 g/mol. The Morgan fingerprint density at radius 2 is 2.00 bits per heavy atom. The maximum atomic E-state index is 12.9. The Bertz CT molecular complexity index is 987. The SMILES string of the molecule is CCCc1ccc(-c2nc(NC(=O)[C@@H]3CCCN(c4ncccn4)C3)sc2C)cc1. The zero-order valence-corrected chi connectivity index (χ0v) is 18.3. The normalized spacial score (nSPS) is 16.5. The number of hydrogen-bond donors (Lipinski definition) is 1. The lowest BCUT2D eigenvalue weighted by Gasteiger charge is -2.31. The summed E-state index contributed by atoms with van der Waals surface area (Å²) in [6.07, 6.45) is 7.51. The molecule has 30 heavy (non-hydrogen) atoms. The Morgan fingerprint density at radius 3 is 2.73 bits per heavy atom. The van der Waals surface area contributed by atoms with E-state index in [4.69, 9.17) is 4.98 Å². The smallest absolute Gasteiger partial charge is 0.231 e. The molecule has 0 spiro atoms. The first-order valence-electron chi connectivity index (χ1n) is 10.5. The van der Waals surface area contributed by atoms with E-state index in [1.54, 1.807) is 18.5 Å². The summed E-state index contributed by atoms with van der Waals surface area (Å²) in [5.74, 6) is 0.617. The van der Waals surface area contributed by atoms with Crippen LogP contribution in [0.5, 0.6) is 0 Å². The summed E-state index contributed by atoms with van der Waals surface area (Å²) in [5, 5.41) is 3.71. The van der Waals surface area contributed by atoms with Crippen molar-refractivity contribution in [1.29, 1.82) is 0 Å². The molecule has 4 rings (SSSR count). The van der Waals surface area contributed by atoms with Gasteiger partial charge in [0, 0.05) is 35.9 Å². The van der Waals surface area contributed by atoms with Gasteiger partial charge in [-0.1, -0.05) is 37.6 Å². The number of aryl methyl sites for hydroxylation is 2. The number of amides is 1. The van der Waals surface area contributed by atoms with Gasteiger partial charge < -0.3 is 10.2 Å². The summed E-state index contributed by atoms with van der Waals surface area (Å²) < 4.78 is 0. The number of hydrogen-bond acceptors (Lipinski definition) is 6.